The van der Waals surface area contributed by atoms with Gasteiger partial charge in [-0.1, -0.05) is 41.4 Å². The standard InChI is InChI=1S/C21H18Cl2N2O2/c1-13-10-19(26)20(21(27)24-18-5-3-4-17(23)11-18)14(2)25(13)12-15-6-8-16(22)9-7-15/h3-11H,12H2,1-2H3,(H,24,27). The number of nitrogens with one attached hydrogen (secondary N) is 1. The second-order valence-electron chi connectivity index (χ2n) is 6.29. The van der Waals surface area contributed by atoms with Crippen molar-refractivity contribution in [3.8, 4) is 0 Å². The number of hydrogen-bond acceptors (Lipinski definition) is 2. The van der Waals surface area contributed by atoms with E-state index in [4.69, 9.17) is 23.2 Å². The molecule has 27 heavy (non-hydrogen) atoms. The summed E-state index contributed by atoms with van der Waals surface area (Å²) in [5, 5.41) is 3.91. The fourth-order valence-electron chi connectivity index (χ4n) is 2.97. The van der Waals surface area contributed by atoms with Gasteiger partial charge in [0.25, 0.3) is 5.91 Å². The van der Waals surface area contributed by atoms with Gasteiger partial charge in [-0.05, 0) is 49.7 Å². The van der Waals surface area contributed by atoms with E-state index in [-0.39, 0.29) is 11.0 Å². The molecular weight excluding hydrogens is 383 g/mol. The molecule has 4 nitrogen and oxygen atoms in total. The lowest BCUT2D eigenvalue weighted by Crippen LogP contribution is -2.27. The van der Waals surface area contributed by atoms with Crippen LogP contribution in [0.15, 0.2) is 59.4 Å². The van der Waals surface area contributed by atoms with Crippen LogP contribution in [0.4, 0.5) is 5.69 Å². The number of carbonyl (C=O) groups is 1. The predicted octanol–water partition coefficient (Wildman–Crippen LogP) is 5.07. The Morgan fingerprint density at radius 2 is 1.70 bits per heavy atom. The molecule has 1 aromatic heterocycles. The van der Waals surface area contributed by atoms with Crippen molar-refractivity contribution in [2.45, 2.75) is 20.4 Å². The van der Waals surface area contributed by atoms with Crippen LogP contribution in [-0.4, -0.2) is 10.5 Å². The second kappa shape index (κ2) is 7.99. The third-order valence-corrected chi connectivity index (χ3v) is 4.83. The van der Waals surface area contributed by atoms with E-state index in [1.165, 1.54) is 6.07 Å². The number of aromatic nitrogens is 1. The number of anilines is 1. The monoisotopic (exact) mass is 400 g/mol. The van der Waals surface area contributed by atoms with Gasteiger partial charge in [0.2, 0.25) is 0 Å². The molecule has 2 aromatic carbocycles. The second-order valence-corrected chi connectivity index (χ2v) is 7.16. The Labute approximate surface area is 167 Å². The Morgan fingerprint density at radius 3 is 2.37 bits per heavy atom. The number of carbonyl (C=O) groups excluding carboxylic acids is 1. The molecule has 0 radical (unpaired) electrons. The van der Waals surface area contributed by atoms with Crippen LogP contribution in [0.1, 0.15) is 27.3 Å². The Hall–Kier alpha value is -2.56. The molecule has 1 N–H and O–H groups in total. The molecule has 0 atom stereocenters. The van der Waals surface area contributed by atoms with Gasteiger partial charge < -0.3 is 9.88 Å². The van der Waals surface area contributed by atoms with Crippen molar-refractivity contribution in [1.29, 1.82) is 0 Å². The molecular formula is C21H18Cl2N2O2. The summed E-state index contributed by atoms with van der Waals surface area (Å²) in [5.41, 5.74) is 2.76. The smallest absolute Gasteiger partial charge is 0.261 e. The molecule has 1 amide bonds. The van der Waals surface area contributed by atoms with E-state index in [0.717, 1.165) is 11.3 Å². The van der Waals surface area contributed by atoms with E-state index in [1.54, 1.807) is 31.2 Å². The van der Waals surface area contributed by atoms with Crippen molar-refractivity contribution in [3.63, 3.8) is 0 Å². The molecule has 0 unspecified atom stereocenters. The van der Waals surface area contributed by atoms with Gasteiger partial charge in [0, 0.05) is 39.7 Å². The van der Waals surface area contributed by atoms with Gasteiger partial charge in [-0.3, -0.25) is 9.59 Å². The zero-order chi connectivity index (χ0) is 19.6. The zero-order valence-corrected chi connectivity index (χ0v) is 16.4. The van der Waals surface area contributed by atoms with Crippen LogP contribution in [0.2, 0.25) is 10.0 Å². The Bertz CT molecular complexity index is 1060. The molecule has 0 saturated carbocycles. The van der Waals surface area contributed by atoms with E-state index in [9.17, 15) is 9.59 Å². The molecule has 1 heterocycles. The lowest BCUT2D eigenvalue weighted by molar-refractivity contribution is 0.102. The molecule has 0 saturated heterocycles. The first-order valence-electron chi connectivity index (χ1n) is 8.37. The first kappa shape index (κ1) is 19.2. The maximum Gasteiger partial charge on any atom is 0.261 e. The average Bonchev–Trinajstić information content (AvgIpc) is 2.60. The predicted molar refractivity (Wildman–Crippen MR) is 110 cm³/mol. The number of hydrogen-bond donors (Lipinski definition) is 1. The number of rotatable bonds is 4. The van der Waals surface area contributed by atoms with Crippen molar-refractivity contribution in [3.05, 3.63) is 97.4 Å². The maximum absolute atomic E-state index is 12.7. The van der Waals surface area contributed by atoms with E-state index >= 15 is 0 Å². The van der Waals surface area contributed by atoms with Crippen LogP contribution in [-0.2, 0) is 6.54 Å². The molecule has 0 bridgehead atoms. The number of amides is 1. The van der Waals surface area contributed by atoms with Crippen molar-refractivity contribution < 1.29 is 4.79 Å². The van der Waals surface area contributed by atoms with E-state index in [1.807, 2.05) is 35.8 Å². The Morgan fingerprint density at radius 1 is 1.00 bits per heavy atom. The first-order valence-corrected chi connectivity index (χ1v) is 9.13. The summed E-state index contributed by atoms with van der Waals surface area (Å²) in [5.74, 6) is -0.454. The van der Waals surface area contributed by atoms with Crippen LogP contribution in [0.3, 0.4) is 0 Å². The molecule has 138 valence electrons. The summed E-state index contributed by atoms with van der Waals surface area (Å²) in [6.45, 7) is 4.16. The minimum absolute atomic E-state index is 0.120. The van der Waals surface area contributed by atoms with Crippen molar-refractivity contribution in [2.24, 2.45) is 0 Å². The highest BCUT2D eigenvalue weighted by Crippen LogP contribution is 2.18. The fraction of sp³-hybridized carbons (Fsp3) is 0.143. The van der Waals surface area contributed by atoms with Gasteiger partial charge in [-0.2, -0.15) is 0 Å². The minimum atomic E-state index is -0.454. The number of pyridine rings is 1. The lowest BCUT2D eigenvalue weighted by atomic mass is 10.1. The summed E-state index contributed by atoms with van der Waals surface area (Å²) in [4.78, 5) is 25.2. The lowest BCUT2D eigenvalue weighted by Gasteiger charge is -2.18. The molecule has 0 aliphatic heterocycles. The first-order chi connectivity index (χ1) is 12.8. The summed E-state index contributed by atoms with van der Waals surface area (Å²) in [7, 11) is 0. The highest BCUT2D eigenvalue weighted by molar-refractivity contribution is 6.31. The van der Waals surface area contributed by atoms with Crippen molar-refractivity contribution >= 4 is 34.8 Å². The molecule has 3 aromatic rings. The van der Waals surface area contributed by atoms with Crippen molar-refractivity contribution in [1.82, 2.24) is 4.57 Å². The van der Waals surface area contributed by atoms with Gasteiger partial charge in [-0.15, -0.1) is 0 Å². The van der Waals surface area contributed by atoms with E-state index in [2.05, 4.69) is 5.32 Å². The SMILES string of the molecule is Cc1cc(=O)c(C(=O)Nc2cccc(Cl)c2)c(C)n1Cc1ccc(Cl)cc1. The summed E-state index contributed by atoms with van der Waals surface area (Å²) >= 11 is 11.9. The minimum Gasteiger partial charge on any atom is -0.344 e. The highest BCUT2D eigenvalue weighted by Gasteiger charge is 2.18. The normalized spacial score (nSPS) is 10.7. The third-order valence-electron chi connectivity index (χ3n) is 4.34. The Kier molecular flexibility index (Phi) is 5.68. The number of halogens is 2. The average molecular weight is 401 g/mol. The van der Waals surface area contributed by atoms with Crippen molar-refractivity contribution in [2.75, 3.05) is 5.32 Å². The van der Waals surface area contributed by atoms with Crippen LogP contribution in [0.25, 0.3) is 0 Å². The number of nitrogens with zero attached hydrogens (tertiary/aromatic N) is 1. The van der Waals surface area contributed by atoms with Crippen LogP contribution < -0.4 is 10.7 Å². The maximum atomic E-state index is 12.7. The van der Waals surface area contributed by atoms with Gasteiger partial charge in [0.05, 0.1) is 0 Å². The largest absolute Gasteiger partial charge is 0.344 e. The highest BCUT2D eigenvalue weighted by atomic mass is 35.5. The summed E-state index contributed by atoms with van der Waals surface area (Å²) in [6, 6.07) is 15.8. The van der Waals surface area contributed by atoms with E-state index < -0.39 is 5.91 Å². The summed E-state index contributed by atoms with van der Waals surface area (Å²) in [6.07, 6.45) is 0. The fourth-order valence-corrected chi connectivity index (χ4v) is 3.29. The van der Waals surface area contributed by atoms with Gasteiger partial charge in [0.15, 0.2) is 5.43 Å². The van der Waals surface area contributed by atoms with Crippen LogP contribution >= 0.6 is 23.2 Å². The van der Waals surface area contributed by atoms with E-state index in [0.29, 0.717) is 28.0 Å². The Balaban J connectivity index is 1.96. The third kappa shape index (κ3) is 4.41. The zero-order valence-electron chi connectivity index (χ0n) is 14.9. The molecule has 0 fully saturated rings. The van der Waals surface area contributed by atoms with Gasteiger partial charge >= 0.3 is 0 Å². The van der Waals surface area contributed by atoms with Gasteiger partial charge in [0.1, 0.15) is 5.56 Å². The summed E-state index contributed by atoms with van der Waals surface area (Å²) < 4.78 is 1.94. The molecule has 6 heteroatoms. The molecule has 3 rings (SSSR count). The van der Waals surface area contributed by atoms with Crippen LogP contribution in [0.5, 0.6) is 0 Å². The quantitative estimate of drug-likeness (QED) is 0.664. The molecule has 0 spiro atoms. The number of benzene rings is 2. The topological polar surface area (TPSA) is 51.1 Å². The van der Waals surface area contributed by atoms with Crippen LogP contribution in [0, 0.1) is 13.8 Å². The number of aryl methyl sites for hydroxylation is 1. The van der Waals surface area contributed by atoms with Gasteiger partial charge in [-0.25, -0.2) is 0 Å². The molecule has 0 aliphatic carbocycles. The molecule has 0 aliphatic rings.